The Balaban J connectivity index is 1.49. The Morgan fingerprint density at radius 2 is 2.26 bits per heavy atom. The smallest absolute Gasteiger partial charge is 0.269 e. The van der Waals surface area contributed by atoms with Gasteiger partial charge in [-0.1, -0.05) is 18.5 Å². The van der Waals surface area contributed by atoms with Crippen LogP contribution >= 0.6 is 0 Å². The summed E-state index contributed by atoms with van der Waals surface area (Å²) in [7, 11) is 0. The van der Waals surface area contributed by atoms with Crippen LogP contribution in [0, 0.1) is 0 Å². The van der Waals surface area contributed by atoms with Crippen molar-refractivity contribution in [3.63, 3.8) is 0 Å². The standard InChI is InChI=1S/C16H25F2N3O2/c1-2-3-6-21-7-4-5-15(11-21)10-13(20-23-15)14(22)19-12-8-16(17,18)9-12/h12H,2-11H2,1H3,(H,19,22)/t15-/m0/s1. The zero-order valence-corrected chi connectivity index (χ0v) is 13.6. The summed E-state index contributed by atoms with van der Waals surface area (Å²) in [5, 5.41) is 6.60. The fourth-order valence-electron chi connectivity index (χ4n) is 3.66. The third kappa shape index (κ3) is 3.82. The molecule has 2 fully saturated rings. The van der Waals surface area contributed by atoms with Crippen LogP contribution in [0.2, 0.25) is 0 Å². The number of unbranched alkanes of at least 4 members (excludes halogenated alkanes) is 1. The highest BCUT2D eigenvalue weighted by atomic mass is 19.3. The molecule has 0 aromatic rings. The van der Waals surface area contributed by atoms with Crippen LogP contribution in [-0.4, -0.2) is 53.7 Å². The fourth-order valence-corrected chi connectivity index (χ4v) is 3.66. The minimum absolute atomic E-state index is 0.275. The molecule has 1 amide bonds. The van der Waals surface area contributed by atoms with Gasteiger partial charge in [0.1, 0.15) is 5.71 Å². The van der Waals surface area contributed by atoms with Crippen molar-refractivity contribution in [1.29, 1.82) is 0 Å². The van der Waals surface area contributed by atoms with Crippen LogP contribution in [0.1, 0.15) is 51.9 Å². The summed E-state index contributed by atoms with van der Waals surface area (Å²) < 4.78 is 25.7. The molecule has 1 saturated heterocycles. The largest absolute Gasteiger partial charge is 0.387 e. The molecular weight excluding hydrogens is 304 g/mol. The lowest BCUT2D eigenvalue weighted by Gasteiger charge is -2.38. The Kier molecular flexibility index (Phi) is 4.58. The molecule has 3 rings (SSSR count). The summed E-state index contributed by atoms with van der Waals surface area (Å²) in [5.74, 6) is -2.98. The highest BCUT2D eigenvalue weighted by Gasteiger charge is 2.48. The summed E-state index contributed by atoms with van der Waals surface area (Å²) in [6, 6.07) is -0.441. The Hall–Kier alpha value is -1.24. The number of rotatable bonds is 5. The molecule has 23 heavy (non-hydrogen) atoms. The summed E-state index contributed by atoms with van der Waals surface area (Å²) in [6.45, 7) is 5.06. The van der Waals surface area contributed by atoms with E-state index in [4.69, 9.17) is 4.84 Å². The van der Waals surface area contributed by atoms with E-state index in [-0.39, 0.29) is 18.7 Å². The third-order valence-corrected chi connectivity index (χ3v) is 4.97. The van der Waals surface area contributed by atoms with E-state index in [9.17, 15) is 13.6 Å². The number of oxime groups is 1. The Morgan fingerprint density at radius 3 is 2.96 bits per heavy atom. The Labute approximate surface area is 135 Å². The lowest BCUT2D eigenvalue weighted by molar-refractivity contribution is -0.123. The summed E-state index contributed by atoms with van der Waals surface area (Å²) in [5.41, 5.74) is -0.0556. The highest BCUT2D eigenvalue weighted by molar-refractivity contribution is 6.39. The maximum atomic E-state index is 12.8. The van der Waals surface area contributed by atoms with Crippen molar-refractivity contribution < 1.29 is 18.4 Å². The molecule has 1 spiro atoms. The number of nitrogens with one attached hydrogen (secondary N) is 1. The van der Waals surface area contributed by atoms with Gasteiger partial charge in [-0.05, 0) is 32.4 Å². The normalized spacial score (nSPS) is 30.7. The summed E-state index contributed by atoms with van der Waals surface area (Å²) in [4.78, 5) is 20.2. The van der Waals surface area contributed by atoms with E-state index < -0.39 is 17.6 Å². The SMILES string of the molecule is CCCCN1CCC[C@]2(CC(C(=O)NC3CC(F)(F)C3)=NO2)C1. The van der Waals surface area contributed by atoms with Crippen LogP contribution in [0.3, 0.4) is 0 Å². The van der Waals surface area contributed by atoms with E-state index in [0.717, 1.165) is 45.3 Å². The fraction of sp³-hybridized carbons (Fsp3) is 0.875. The molecule has 0 aromatic heterocycles. The van der Waals surface area contributed by atoms with E-state index in [2.05, 4.69) is 22.3 Å². The zero-order chi connectivity index (χ0) is 16.5. The number of nitrogens with zero attached hydrogens (tertiary/aromatic N) is 2. The van der Waals surface area contributed by atoms with Gasteiger partial charge in [0.15, 0.2) is 5.60 Å². The minimum atomic E-state index is -2.63. The van der Waals surface area contributed by atoms with Gasteiger partial charge in [-0.25, -0.2) is 8.78 Å². The number of carbonyl (C=O) groups is 1. The second kappa shape index (κ2) is 6.34. The molecule has 1 atom stereocenters. The predicted molar refractivity (Wildman–Crippen MR) is 82.6 cm³/mol. The number of carbonyl (C=O) groups excluding carboxylic acids is 1. The number of piperidine rings is 1. The molecular formula is C16H25F2N3O2. The van der Waals surface area contributed by atoms with E-state index >= 15 is 0 Å². The van der Waals surface area contributed by atoms with Crippen molar-refractivity contribution in [2.45, 2.75) is 69.4 Å². The molecule has 3 aliphatic rings. The van der Waals surface area contributed by atoms with Crippen LogP contribution in [-0.2, 0) is 9.63 Å². The first-order chi connectivity index (χ1) is 10.9. The van der Waals surface area contributed by atoms with Crippen molar-refractivity contribution in [1.82, 2.24) is 10.2 Å². The zero-order valence-electron chi connectivity index (χ0n) is 13.6. The van der Waals surface area contributed by atoms with Gasteiger partial charge in [0.25, 0.3) is 11.8 Å². The van der Waals surface area contributed by atoms with Crippen molar-refractivity contribution in [2.24, 2.45) is 5.16 Å². The lowest BCUT2D eigenvalue weighted by Crippen LogP contribution is -2.53. The first-order valence-electron chi connectivity index (χ1n) is 8.57. The molecule has 0 radical (unpaired) electrons. The molecule has 0 aromatic carbocycles. The van der Waals surface area contributed by atoms with E-state index in [1.807, 2.05) is 0 Å². The molecule has 2 heterocycles. The average Bonchev–Trinajstić information content (AvgIpc) is 2.87. The van der Waals surface area contributed by atoms with Crippen molar-refractivity contribution in [3.8, 4) is 0 Å². The van der Waals surface area contributed by atoms with Gasteiger partial charge in [-0.2, -0.15) is 0 Å². The van der Waals surface area contributed by atoms with Gasteiger partial charge in [0, 0.05) is 31.8 Å². The summed E-state index contributed by atoms with van der Waals surface area (Å²) >= 11 is 0. The van der Waals surface area contributed by atoms with Crippen molar-refractivity contribution >= 4 is 11.6 Å². The van der Waals surface area contributed by atoms with Gasteiger partial charge in [-0.15, -0.1) is 0 Å². The molecule has 1 saturated carbocycles. The Morgan fingerprint density at radius 1 is 1.48 bits per heavy atom. The van der Waals surface area contributed by atoms with E-state index in [1.54, 1.807) is 0 Å². The van der Waals surface area contributed by atoms with Crippen LogP contribution in [0.25, 0.3) is 0 Å². The van der Waals surface area contributed by atoms with E-state index in [1.165, 1.54) is 0 Å². The number of amides is 1. The maximum absolute atomic E-state index is 12.8. The van der Waals surface area contributed by atoms with Gasteiger partial charge >= 0.3 is 0 Å². The molecule has 5 nitrogen and oxygen atoms in total. The third-order valence-electron chi connectivity index (χ3n) is 4.97. The molecule has 130 valence electrons. The molecule has 7 heteroatoms. The molecule has 1 aliphatic carbocycles. The lowest BCUT2D eigenvalue weighted by atomic mass is 9.86. The summed E-state index contributed by atoms with van der Waals surface area (Å²) in [6.07, 6.45) is 4.15. The van der Waals surface area contributed by atoms with Gasteiger partial charge in [-0.3, -0.25) is 9.69 Å². The molecule has 0 unspecified atom stereocenters. The van der Waals surface area contributed by atoms with E-state index in [0.29, 0.717) is 12.1 Å². The number of halogens is 2. The molecule has 0 bridgehead atoms. The predicted octanol–water partition coefficient (Wildman–Crippen LogP) is 2.31. The minimum Gasteiger partial charge on any atom is -0.387 e. The van der Waals surface area contributed by atoms with Crippen LogP contribution in [0.5, 0.6) is 0 Å². The van der Waals surface area contributed by atoms with Gasteiger partial charge in [0.2, 0.25) is 0 Å². The first kappa shape index (κ1) is 16.6. The number of alkyl halides is 2. The second-order valence-corrected chi connectivity index (χ2v) is 7.16. The number of hydrogen-bond donors (Lipinski definition) is 1. The molecule has 1 N–H and O–H groups in total. The first-order valence-corrected chi connectivity index (χ1v) is 8.57. The number of likely N-dealkylation sites (tertiary alicyclic amines) is 1. The monoisotopic (exact) mass is 329 g/mol. The maximum Gasteiger partial charge on any atom is 0.269 e. The molecule has 2 aliphatic heterocycles. The highest BCUT2D eigenvalue weighted by Crippen LogP contribution is 2.38. The number of hydrogen-bond acceptors (Lipinski definition) is 4. The van der Waals surface area contributed by atoms with Crippen LogP contribution in [0.4, 0.5) is 8.78 Å². The second-order valence-electron chi connectivity index (χ2n) is 7.16. The van der Waals surface area contributed by atoms with Crippen LogP contribution < -0.4 is 5.32 Å². The van der Waals surface area contributed by atoms with Gasteiger partial charge in [0.05, 0.1) is 0 Å². The van der Waals surface area contributed by atoms with Crippen molar-refractivity contribution in [2.75, 3.05) is 19.6 Å². The quantitative estimate of drug-likeness (QED) is 0.842. The van der Waals surface area contributed by atoms with Crippen molar-refractivity contribution in [3.05, 3.63) is 0 Å². The topological polar surface area (TPSA) is 53.9 Å². The Bertz CT molecular complexity index is 490. The average molecular weight is 329 g/mol. The van der Waals surface area contributed by atoms with Crippen LogP contribution in [0.15, 0.2) is 5.16 Å². The van der Waals surface area contributed by atoms with Gasteiger partial charge < -0.3 is 10.2 Å².